The zero-order valence-corrected chi connectivity index (χ0v) is 11.7. The van der Waals surface area contributed by atoms with Crippen LogP contribution < -0.4 is 5.73 Å². The standard InChI is InChI=1S/C10H22N4O3S/c1-9(2)14(8-5-10(11)12-15)18(16,17)13-6-3-4-7-13/h9,15H,3-8H2,1-2H3,(H2,11,12). The van der Waals surface area contributed by atoms with Gasteiger partial charge in [-0.05, 0) is 26.7 Å². The van der Waals surface area contributed by atoms with Crippen LogP contribution in [-0.2, 0) is 10.2 Å². The van der Waals surface area contributed by atoms with Crippen LogP contribution in [0.25, 0.3) is 0 Å². The Labute approximate surface area is 108 Å². The number of nitrogens with zero attached hydrogens (tertiary/aromatic N) is 3. The van der Waals surface area contributed by atoms with Crippen LogP contribution in [0.15, 0.2) is 5.16 Å². The third-order valence-corrected chi connectivity index (χ3v) is 5.20. The van der Waals surface area contributed by atoms with Gasteiger partial charge in [-0.2, -0.15) is 17.0 Å². The molecule has 0 aromatic rings. The molecule has 0 atom stereocenters. The van der Waals surface area contributed by atoms with Crippen LogP contribution in [-0.4, -0.2) is 53.7 Å². The molecular formula is C10H22N4O3S. The number of oxime groups is 1. The fraction of sp³-hybridized carbons (Fsp3) is 0.900. The Kier molecular flexibility index (Phi) is 5.36. The van der Waals surface area contributed by atoms with Crippen molar-refractivity contribution in [3.05, 3.63) is 0 Å². The van der Waals surface area contributed by atoms with Gasteiger partial charge in [-0.25, -0.2) is 0 Å². The molecule has 0 unspecified atom stereocenters. The first-order valence-corrected chi connectivity index (χ1v) is 7.52. The summed E-state index contributed by atoms with van der Waals surface area (Å²) in [6.07, 6.45) is 2.04. The first-order chi connectivity index (χ1) is 8.39. The van der Waals surface area contributed by atoms with Crippen LogP contribution in [0.1, 0.15) is 33.1 Å². The predicted octanol–water partition coefficient (Wildman–Crippen LogP) is 0.174. The van der Waals surface area contributed by atoms with Crippen molar-refractivity contribution in [3.8, 4) is 0 Å². The molecule has 0 saturated carbocycles. The molecule has 0 amide bonds. The lowest BCUT2D eigenvalue weighted by Gasteiger charge is -2.30. The number of hydrogen-bond donors (Lipinski definition) is 2. The van der Waals surface area contributed by atoms with Gasteiger partial charge >= 0.3 is 0 Å². The predicted molar refractivity (Wildman–Crippen MR) is 69.6 cm³/mol. The summed E-state index contributed by atoms with van der Waals surface area (Å²) >= 11 is 0. The van der Waals surface area contributed by atoms with Gasteiger partial charge in [0.2, 0.25) is 0 Å². The first kappa shape index (κ1) is 15.2. The van der Waals surface area contributed by atoms with Crippen molar-refractivity contribution in [1.82, 2.24) is 8.61 Å². The summed E-state index contributed by atoms with van der Waals surface area (Å²) in [5, 5.41) is 11.3. The van der Waals surface area contributed by atoms with Gasteiger partial charge in [0.25, 0.3) is 10.2 Å². The van der Waals surface area contributed by atoms with Crippen molar-refractivity contribution >= 4 is 16.0 Å². The monoisotopic (exact) mass is 278 g/mol. The lowest BCUT2D eigenvalue weighted by molar-refractivity contribution is 0.308. The highest BCUT2D eigenvalue weighted by atomic mass is 32.2. The number of amidine groups is 1. The van der Waals surface area contributed by atoms with E-state index in [1.807, 2.05) is 13.8 Å². The number of nitrogens with two attached hydrogens (primary N) is 1. The van der Waals surface area contributed by atoms with E-state index in [2.05, 4.69) is 5.16 Å². The molecular weight excluding hydrogens is 256 g/mol. The molecule has 1 aliphatic rings. The maximum Gasteiger partial charge on any atom is 0.282 e. The van der Waals surface area contributed by atoms with Crippen LogP contribution in [0.4, 0.5) is 0 Å². The van der Waals surface area contributed by atoms with Gasteiger partial charge in [0.15, 0.2) is 0 Å². The van der Waals surface area contributed by atoms with E-state index in [1.165, 1.54) is 8.61 Å². The molecule has 0 spiro atoms. The van der Waals surface area contributed by atoms with Gasteiger partial charge in [0.05, 0.1) is 0 Å². The van der Waals surface area contributed by atoms with Crippen LogP contribution >= 0.6 is 0 Å². The second-order valence-corrected chi connectivity index (χ2v) is 6.54. The summed E-state index contributed by atoms with van der Waals surface area (Å²) in [6, 6.07) is -0.151. The molecule has 0 aliphatic carbocycles. The number of hydrogen-bond acceptors (Lipinski definition) is 4. The Bertz CT molecular complexity index is 388. The molecule has 106 valence electrons. The minimum Gasteiger partial charge on any atom is -0.409 e. The van der Waals surface area contributed by atoms with Crippen molar-refractivity contribution in [2.45, 2.75) is 39.2 Å². The Morgan fingerprint density at radius 1 is 1.44 bits per heavy atom. The van der Waals surface area contributed by atoms with Gasteiger partial charge in [-0.1, -0.05) is 5.16 Å². The van der Waals surface area contributed by atoms with Gasteiger partial charge in [0, 0.05) is 32.1 Å². The normalized spacial score (nSPS) is 19.0. The van der Waals surface area contributed by atoms with E-state index in [0.717, 1.165) is 12.8 Å². The van der Waals surface area contributed by atoms with Crippen molar-refractivity contribution in [2.24, 2.45) is 10.9 Å². The fourth-order valence-corrected chi connectivity index (χ4v) is 3.85. The lowest BCUT2D eigenvalue weighted by Crippen LogP contribution is -2.46. The van der Waals surface area contributed by atoms with Gasteiger partial charge < -0.3 is 10.9 Å². The van der Waals surface area contributed by atoms with E-state index >= 15 is 0 Å². The van der Waals surface area contributed by atoms with Crippen LogP contribution in [0.5, 0.6) is 0 Å². The van der Waals surface area contributed by atoms with Crippen molar-refractivity contribution in [2.75, 3.05) is 19.6 Å². The Morgan fingerprint density at radius 2 is 2.00 bits per heavy atom. The van der Waals surface area contributed by atoms with E-state index in [-0.39, 0.29) is 24.8 Å². The largest absolute Gasteiger partial charge is 0.409 e. The topological polar surface area (TPSA) is 99.2 Å². The van der Waals surface area contributed by atoms with Crippen LogP contribution in [0.2, 0.25) is 0 Å². The SMILES string of the molecule is CC(C)N(CC/C(N)=N/O)S(=O)(=O)N1CCCC1. The molecule has 0 bridgehead atoms. The summed E-state index contributed by atoms with van der Waals surface area (Å²) in [5.41, 5.74) is 5.38. The fourth-order valence-electron chi connectivity index (χ4n) is 1.98. The minimum absolute atomic E-state index is 0.0391. The zero-order valence-electron chi connectivity index (χ0n) is 10.9. The Morgan fingerprint density at radius 3 is 2.44 bits per heavy atom. The van der Waals surface area contributed by atoms with Gasteiger partial charge in [-0.15, -0.1) is 0 Å². The van der Waals surface area contributed by atoms with Crippen molar-refractivity contribution in [3.63, 3.8) is 0 Å². The van der Waals surface area contributed by atoms with Crippen molar-refractivity contribution in [1.29, 1.82) is 0 Å². The zero-order chi connectivity index (χ0) is 13.8. The molecule has 1 heterocycles. The minimum atomic E-state index is -3.43. The van der Waals surface area contributed by atoms with E-state index in [9.17, 15) is 8.42 Å². The second-order valence-electron chi connectivity index (χ2n) is 4.66. The van der Waals surface area contributed by atoms with E-state index in [4.69, 9.17) is 10.9 Å². The third-order valence-electron chi connectivity index (χ3n) is 2.98. The maximum atomic E-state index is 12.4. The summed E-state index contributed by atoms with van der Waals surface area (Å²) in [4.78, 5) is 0. The molecule has 8 heteroatoms. The third kappa shape index (κ3) is 3.56. The molecule has 18 heavy (non-hydrogen) atoms. The van der Waals surface area contributed by atoms with Gasteiger partial charge in [-0.3, -0.25) is 0 Å². The van der Waals surface area contributed by atoms with E-state index in [1.54, 1.807) is 0 Å². The molecule has 7 nitrogen and oxygen atoms in total. The highest BCUT2D eigenvalue weighted by molar-refractivity contribution is 7.86. The Balaban J connectivity index is 2.77. The molecule has 0 aromatic carbocycles. The lowest BCUT2D eigenvalue weighted by atomic mass is 10.3. The second kappa shape index (κ2) is 6.35. The van der Waals surface area contributed by atoms with Crippen molar-refractivity contribution < 1.29 is 13.6 Å². The van der Waals surface area contributed by atoms with E-state index in [0.29, 0.717) is 13.1 Å². The molecule has 1 aliphatic heterocycles. The summed E-state index contributed by atoms with van der Waals surface area (Å²) in [7, 11) is -3.43. The van der Waals surface area contributed by atoms with Gasteiger partial charge in [0.1, 0.15) is 5.84 Å². The van der Waals surface area contributed by atoms with E-state index < -0.39 is 10.2 Å². The van der Waals surface area contributed by atoms with Crippen LogP contribution in [0.3, 0.4) is 0 Å². The summed E-state index contributed by atoms with van der Waals surface area (Å²) in [5.74, 6) is 0.0391. The first-order valence-electron chi connectivity index (χ1n) is 6.13. The van der Waals surface area contributed by atoms with Crippen LogP contribution in [0, 0.1) is 0 Å². The average Bonchev–Trinajstić information content (AvgIpc) is 2.82. The molecule has 0 radical (unpaired) electrons. The Hall–Kier alpha value is -0.860. The molecule has 0 aromatic heterocycles. The smallest absolute Gasteiger partial charge is 0.282 e. The summed E-state index contributed by atoms with van der Waals surface area (Å²) in [6.45, 7) is 5.02. The summed E-state index contributed by atoms with van der Waals surface area (Å²) < 4.78 is 27.7. The highest BCUT2D eigenvalue weighted by Gasteiger charge is 2.33. The average molecular weight is 278 g/mol. The number of rotatable bonds is 6. The molecule has 1 fully saturated rings. The maximum absolute atomic E-state index is 12.4. The quantitative estimate of drug-likeness (QED) is 0.313. The molecule has 1 rings (SSSR count). The highest BCUT2D eigenvalue weighted by Crippen LogP contribution is 2.18. The molecule has 1 saturated heterocycles. The molecule has 3 N–H and O–H groups in total.